The molecule has 1 aliphatic carbocycles. The van der Waals surface area contributed by atoms with Crippen molar-refractivity contribution in [2.45, 2.75) is 39.7 Å². The minimum absolute atomic E-state index is 0.0249. The molecule has 0 aromatic carbocycles. The zero-order valence-electron chi connectivity index (χ0n) is 10.6. The number of carbonyl (C=O) groups excluding carboxylic acids is 1. The van der Waals surface area contributed by atoms with Crippen molar-refractivity contribution in [1.29, 1.82) is 0 Å². The number of amides is 1. The van der Waals surface area contributed by atoms with Crippen LogP contribution in [0.15, 0.2) is 12.7 Å². The third-order valence-electron chi connectivity index (χ3n) is 4.24. The first kappa shape index (κ1) is 13.2. The standard InChI is InChI=1S/C13H24N2O/c1-5-8-15-12(16)10-6-7-11(14)9(2)13(10,3)4/h5,9-11H,1,6-8,14H2,2-4H3,(H,15,16). The number of hydrogen-bond donors (Lipinski definition) is 2. The molecule has 3 N–H and O–H groups in total. The maximum absolute atomic E-state index is 12.0. The van der Waals surface area contributed by atoms with E-state index < -0.39 is 0 Å². The summed E-state index contributed by atoms with van der Waals surface area (Å²) in [5.74, 6) is 0.589. The number of rotatable bonds is 3. The average Bonchev–Trinajstić information content (AvgIpc) is 2.23. The average molecular weight is 224 g/mol. The summed E-state index contributed by atoms with van der Waals surface area (Å²) < 4.78 is 0. The molecule has 0 spiro atoms. The van der Waals surface area contributed by atoms with Crippen LogP contribution in [0.2, 0.25) is 0 Å². The van der Waals surface area contributed by atoms with Gasteiger partial charge in [0.05, 0.1) is 0 Å². The largest absolute Gasteiger partial charge is 0.352 e. The Morgan fingerprint density at radius 1 is 1.56 bits per heavy atom. The lowest BCUT2D eigenvalue weighted by atomic mass is 9.61. The maximum atomic E-state index is 12.0. The Labute approximate surface area is 98.5 Å². The lowest BCUT2D eigenvalue weighted by Crippen LogP contribution is -2.51. The molecule has 3 atom stereocenters. The molecule has 0 aromatic rings. The summed E-state index contributed by atoms with van der Waals surface area (Å²) in [5, 5.41) is 2.90. The molecule has 1 amide bonds. The number of nitrogens with one attached hydrogen (secondary N) is 1. The van der Waals surface area contributed by atoms with Crippen LogP contribution in [0.25, 0.3) is 0 Å². The molecule has 3 heteroatoms. The second-order valence-electron chi connectivity index (χ2n) is 5.44. The summed E-state index contributed by atoms with van der Waals surface area (Å²) in [6.45, 7) is 10.6. The molecule has 92 valence electrons. The molecule has 16 heavy (non-hydrogen) atoms. The van der Waals surface area contributed by atoms with Gasteiger partial charge in [-0.15, -0.1) is 6.58 Å². The van der Waals surface area contributed by atoms with E-state index in [4.69, 9.17) is 5.73 Å². The van der Waals surface area contributed by atoms with E-state index in [0.29, 0.717) is 12.5 Å². The van der Waals surface area contributed by atoms with E-state index in [9.17, 15) is 4.79 Å². The number of nitrogens with two attached hydrogens (primary N) is 1. The van der Waals surface area contributed by atoms with Gasteiger partial charge in [-0.2, -0.15) is 0 Å². The van der Waals surface area contributed by atoms with Gasteiger partial charge in [-0.1, -0.05) is 26.8 Å². The van der Waals surface area contributed by atoms with Gasteiger partial charge in [-0.25, -0.2) is 0 Å². The highest BCUT2D eigenvalue weighted by Crippen LogP contribution is 2.44. The van der Waals surface area contributed by atoms with Crippen molar-refractivity contribution in [2.75, 3.05) is 6.54 Å². The van der Waals surface area contributed by atoms with Crippen LogP contribution in [0.5, 0.6) is 0 Å². The molecular formula is C13H24N2O. The lowest BCUT2D eigenvalue weighted by Gasteiger charge is -2.46. The maximum Gasteiger partial charge on any atom is 0.223 e. The van der Waals surface area contributed by atoms with Gasteiger partial charge in [-0.05, 0) is 24.2 Å². The molecule has 0 bridgehead atoms. The normalized spacial score (nSPS) is 33.1. The van der Waals surface area contributed by atoms with Crippen LogP contribution in [0, 0.1) is 17.3 Å². The van der Waals surface area contributed by atoms with E-state index in [1.165, 1.54) is 0 Å². The van der Waals surface area contributed by atoms with Crippen molar-refractivity contribution in [2.24, 2.45) is 23.0 Å². The highest BCUT2D eigenvalue weighted by molar-refractivity contribution is 5.79. The molecule has 0 heterocycles. The van der Waals surface area contributed by atoms with Crippen LogP contribution in [-0.4, -0.2) is 18.5 Å². The molecule has 1 saturated carbocycles. The zero-order valence-corrected chi connectivity index (χ0v) is 10.6. The number of carbonyl (C=O) groups is 1. The second kappa shape index (κ2) is 5.00. The smallest absolute Gasteiger partial charge is 0.223 e. The minimum Gasteiger partial charge on any atom is -0.352 e. The SMILES string of the molecule is C=CCNC(=O)C1CCC(N)C(C)C1(C)C. The Hall–Kier alpha value is -0.830. The summed E-state index contributed by atoms with van der Waals surface area (Å²) in [7, 11) is 0. The van der Waals surface area contributed by atoms with E-state index in [-0.39, 0.29) is 23.3 Å². The Balaban J connectivity index is 2.73. The van der Waals surface area contributed by atoms with Crippen LogP contribution in [-0.2, 0) is 4.79 Å². The monoisotopic (exact) mass is 224 g/mol. The summed E-state index contributed by atoms with van der Waals surface area (Å²) in [5.41, 5.74) is 6.04. The fourth-order valence-electron chi connectivity index (χ4n) is 2.62. The van der Waals surface area contributed by atoms with Gasteiger partial charge in [0.25, 0.3) is 0 Å². The first-order valence-corrected chi connectivity index (χ1v) is 6.05. The van der Waals surface area contributed by atoms with Gasteiger partial charge in [-0.3, -0.25) is 4.79 Å². The van der Waals surface area contributed by atoms with Gasteiger partial charge in [0.2, 0.25) is 5.91 Å². The first-order chi connectivity index (χ1) is 7.41. The molecule has 0 saturated heterocycles. The van der Waals surface area contributed by atoms with Crippen molar-refractivity contribution in [3.63, 3.8) is 0 Å². The first-order valence-electron chi connectivity index (χ1n) is 6.05. The van der Waals surface area contributed by atoms with Crippen LogP contribution >= 0.6 is 0 Å². The van der Waals surface area contributed by atoms with E-state index in [0.717, 1.165) is 12.8 Å². The molecule has 0 aromatic heterocycles. The molecule has 0 aliphatic heterocycles. The summed E-state index contributed by atoms with van der Waals surface area (Å²) >= 11 is 0. The third-order valence-corrected chi connectivity index (χ3v) is 4.24. The van der Waals surface area contributed by atoms with Crippen LogP contribution in [0.3, 0.4) is 0 Å². The second-order valence-corrected chi connectivity index (χ2v) is 5.44. The zero-order chi connectivity index (χ0) is 12.3. The van der Waals surface area contributed by atoms with E-state index in [2.05, 4.69) is 32.7 Å². The number of hydrogen-bond acceptors (Lipinski definition) is 2. The molecule has 3 nitrogen and oxygen atoms in total. The molecule has 1 fully saturated rings. The molecular weight excluding hydrogens is 200 g/mol. The molecule has 0 radical (unpaired) electrons. The van der Waals surface area contributed by atoms with Gasteiger partial charge in [0, 0.05) is 18.5 Å². The van der Waals surface area contributed by atoms with Gasteiger partial charge < -0.3 is 11.1 Å². The predicted molar refractivity (Wildman–Crippen MR) is 66.9 cm³/mol. The van der Waals surface area contributed by atoms with Crippen molar-refractivity contribution in [3.05, 3.63) is 12.7 Å². The predicted octanol–water partition coefficient (Wildman–Crippen LogP) is 1.69. The topological polar surface area (TPSA) is 55.1 Å². The highest BCUT2D eigenvalue weighted by Gasteiger charge is 2.44. The quantitative estimate of drug-likeness (QED) is 0.717. The summed E-state index contributed by atoms with van der Waals surface area (Å²) in [6.07, 6.45) is 3.54. The van der Waals surface area contributed by atoms with Crippen molar-refractivity contribution in [3.8, 4) is 0 Å². The van der Waals surface area contributed by atoms with Crippen molar-refractivity contribution in [1.82, 2.24) is 5.32 Å². The van der Waals surface area contributed by atoms with Gasteiger partial charge in [0.1, 0.15) is 0 Å². The van der Waals surface area contributed by atoms with Crippen LogP contribution in [0.1, 0.15) is 33.6 Å². The highest BCUT2D eigenvalue weighted by atomic mass is 16.1. The third kappa shape index (κ3) is 2.46. The summed E-state index contributed by atoms with van der Waals surface area (Å²) in [6, 6.07) is 0.221. The lowest BCUT2D eigenvalue weighted by molar-refractivity contribution is -0.132. The van der Waals surface area contributed by atoms with E-state index >= 15 is 0 Å². The minimum atomic E-state index is -0.0249. The van der Waals surface area contributed by atoms with Crippen LogP contribution in [0.4, 0.5) is 0 Å². The molecule has 3 unspecified atom stereocenters. The molecule has 1 aliphatic rings. The van der Waals surface area contributed by atoms with Crippen LogP contribution < -0.4 is 11.1 Å². The fourth-order valence-corrected chi connectivity index (χ4v) is 2.62. The Morgan fingerprint density at radius 2 is 2.19 bits per heavy atom. The van der Waals surface area contributed by atoms with Crippen molar-refractivity contribution < 1.29 is 4.79 Å². The Kier molecular flexibility index (Phi) is 4.14. The fraction of sp³-hybridized carbons (Fsp3) is 0.769. The summed E-state index contributed by atoms with van der Waals surface area (Å²) in [4.78, 5) is 12.0. The molecule has 1 rings (SSSR count). The van der Waals surface area contributed by atoms with E-state index in [1.807, 2.05) is 0 Å². The van der Waals surface area contributed by atoms with Gasteiger partial charge in [0.15, 0.2) is 0 Å². The van der Waals surface area contributed by atoms with E-state index in [1.54, 1.807) is 6.08 Å². The van der Waals surface area contributed by atoms with Gasteiger partial charge >= 0.3 is 0 Å². The Morgan fingerprint density at radius 3 is 2.75 bits per heavy atom. The van der Waals surface area contributed by atoms with Crippen molar-refractivity contribution >= 4 is 5.91 Å². The Bertz CT molecular complexity index is 273.